The number of aromatic nitrogens is 3. The van der Waals surface area contributed by atoms with Crippen molar-refractivity contribution in [3.8, 4) is 5.88 Å². The monoisotopic (exact) mass is 372 g/mol. The van der Waals surface area contributed by atoms with Gasteiger partial charge in [0.05, 0.1) is 19.5 Å². The number of halogens is 1. The van der Waals surface area contributed by atoms with Gasteiger partial charge in [0.25, 0.3) is 11.9 Å². The van der Waals surface area contributed by atoms with Gasteiger partial charge in [0.15, 0.2) is 0 Å². The van der Waals surface area contributed by atoms with Crippen molar-refractivity contribution >= 4 is 17.7 Å². The van der Waals surface area contributed by atoms with Gasteiger partial charge in [0, 0.05) is 5.92 Å². The van der Waals surface area contributed by atoms with Crippen molar-refractivity contribution in [3.63, 3.8) is 0 Å². The topological polar surface area (TPSA) is 125 Å². The molecule has 0 saturated heterocycles. The minimum Gasteiger partial charge on any atom is -0.480 e. The SMILES string of the molecule is COc1cnc(C(=O)Nc2ccc(F)c([C@@]3(C)N=C(N)O[C@H]4C[C@H]43)n2)cn1. The summed E-state index contributed by atoms with van der Waals surface area (Å²) in [5.74, 6) is -0.600. The molecule has 1 amide bonds. The molecule has 0 spiro atoms. The largest absolute Gasteiger partial charge is 0.480 e. The van der Waals surface area contributed by atoms with Crippen molar-refractivity contribution < 1.29 is 18.7 Å². The number of hydrogen-bond acceptors (Lipinski definition) is 8. The number of nitrogens with zero attached hydrogens (tertiary/aromatic N) is 4. The number of amides is 1. The van der Waals surface area contributed by atoms with E-state index < -0.39 is 17.3 Å². The molecule has 4 rings (SSSR count). The van der Waals surface area contributed by atoms with Crippen molar-refractivity contribution in [3.05, 3.63) is 41.7 Å². The minimum absolute atomic E-state index is 0.00907. The summed E-state index contributed by atoms with van der Waals surface area (Å²) in [6.07, 6.45) is 3.24. The number of carbonyl (C=O) groups is 1. The van der Waals surface area contributed by atoms with Crippen molar-refractivity contribution in [1.29, 1.82) is 0 Å². The third kappa shape index (κ3) is 3.03. The molecule has 2 aliphatic rings. The van der Waals surface area contributed by atoms with E-state index in [-0.39, 0.29) is 41.1 Å². The first-order valence-electron chi connectivity index (χ1n) is 8.27. The lowest BCUT2D eigenvalue weighted by molar-refractivity contribution is 0.102. The van der Waals surface area contributed by atoms with Crippen LogP contribution in [0.1, 0.15) is 29.5 Å². The molecule has 9 nitrogen and oxygen atoms in total. The third-order valence-corrected chi connectivity index (χ3v) is 4.71. The molecule has 3 atom stereocenters. The van der Waals surface area contributed by atoms with Crippen LogP contribution in [0.5, 0.6) is 5.88 Å². The Labute approximate surface area is 153 Å². The maximum Gasteiger partial charge on any atom is 0.283 e. The van der Waals surface area contributed by atoms with Gasteiger partial charge in [-0.1, -0.05) is 0 Å². The molecule has 0 unspecified atom stereocenters. The van der Waals surface area contributed by atoms with Crippen LogP contribution in [-0.4, -0.2) is 40.1 Å². The van der Waals surface area contributed by atoms with E-state index in [1.54, 1.807) is 6.92 Å². The first-order chi connectivity index (χ1) is 12.9. The van der Waals surface area contributed by atoms with Crippen molar-refractivity contribution in [2.75, 3.05) is 12.4 Å². The van der Waals surface area contributed by atoms with Crippen LogP contribution in [0.25, 0.3) is 0 Å². The lowest BCUT2D eigenvalue weighted by Gasteiger charge is -2.29. The number of aliphatic imine (C=N–C) groups is 1. The molecular formula is C17H17FN6O3. The molecule has 1 saturated carbocycles. The summed E-state index contributed by atoms with van der Waals surface area (Å²) in [5.41, 5.74) is 4.95. The second kappa shape index (κ2) is 6.15. The van der Waals surface area contributed by atoms with E-state index in [1.807, 2.05) is 0 Å². The Morgan fingerprint density at radius 2 is 2.22 bits per heavy atom. The van der Waals surface area contributed by atoms with E-state index in [0.717, 1.165) is 6.42 Å². The fourth-order valence-electron chi connectivity index (χ4n) is 3.20. The molecule has 0 bridgehead atoms. The summed E-state index contributed by atoms with van der Waals surface area (Å²) in [6.45, 7) is 1.76. The fourth-order valence-corrected chi connectivity index (χ4v) is 3.20. The minimum atomic E-state index is -0.947. The number of ether oxygens (including phenoxy) is 2. The quantitative estimate of drug-likeness (QED) is 0.827. The van der Waals surface area contributed by atoms with Crippen LogP contribution < -0.4 is 15.8 Å². The molecule has 2 aromatic heterocycles. The van der Waals surface area contributed by atoms with Crippen LogP contribution in [0.2, 0.25) is 0 Å². The second-order valence-electron chi connectivity index (χ2n) is 6.52. The average molecular weight is 372 g/mol. The van der Waals surface area contributed by atoms with Crippen LogP contribution in [0, 0.1) is 11.7 Å². The number of carbonyl (C=O) groups excluding carboxylic acids is 1. The van der Waals surface area contributed by atoms with E-state index >= 15 is 0 Å². The lowest BCUT2D eigenvalue weighted by atomic mass is 9.90. The predicted molar refractivity (Wildman–Crippen MR) is 92.7 cm³/mol. The normalized spacial score (nSPS) is 25.7. The Morgan fingerprint density at radius 1 is 1.41 bits per heavy atom. The number of pyridine rings is 1. The highest BCUT2D eigenvalue weighted by atomic mass is 19.1. The zero-order chi connectivity index (χ0) is 19.2. The van der Waals surface area contributed by atoms with Gasteiger partial charge in [-0.05, 0) is 25.5 Å². The number of nitrogens with two attached hydrogens (primary N) is 1. The molecule has 0 radical (unpaired) electrons. The number of methoxy groups -OCH3 is 1. The summed E-state index contributed by atoms with van der Waals surface area (Å²) < 4.78 is 24.8. The van der Waals surface area contributed by atoms with E-state index in [0.29, 0.717) is 0 Å². The first-order valence-corrected chi connectivity index (χ1v) is 8.27. The lowest BCUT2D eigenvalue weighted by Crippen LogP contribution is -2.36. The third-order valence-electron chi connectivity index (χ3n) is 4.71. The Morgan fingerprint density at radius 3 is 2.93 bits per heavy atom. The van der Waals surface area contributed by atoms with Gasteiger partial charge in [-0.25, -0.2) is 24.3 Å². The fraction of sp³-hybridized carbons (Fsp3) is 0.353. The Bertz CT molecular complexity index is 935. The molecule has 1 aliphatic heterocycles. The molecular weight excluding hydrogens is 355 g/mol. The summed E-state index contributed by atoms with van der Waals surface area (Å²) in [5, 5.41) is 2.59. The van der Waals surface area contributed by atoms with E-state index in [4.69, 9.17) is 15.2 Å². The van der Waals surface area contributed by atoms with E-state index in [9.17, 15) is 9.18 Å². The first kappa shape index (κ1) is 17.1. The van der Waals surface area contributed by atoms with Gasteiger partial charge in [-0.2, -0.15) is 0 Å². The van der Waals surface area contributed by atoms with Gasteiger partial charge in [-0.3, -0.25) is 4.79 Å². The Hall–Kier alpha value is -3.30. The molecule has 2 aromatic rings. The predicted octanol–water partition coefficient (Wildman–Crippen LogP) is 1.22. The van der Waals surface area contributed by atoms with Crippen molar-refractivity contribution in [1.82, 2.24) is 15.0 Å². The highest BCUT2D eigenvalue weighted by Gasteiger charge is 2.58. The van der Waals surface area contributed by atoms with Crippen LogP contribution >= 0.6 is 0 Å². The highest BCUT2D eigenvalue weighted by molar-refractivity contribution is 6.02. The number of amidine groups is 1. The van der Waals surface area contributed by atoms with Crippen molar-refractivity contribution in [2.24, 2.45) is 16.6 Å². The maximum absolute atomic E-state index is 14.5. The molecule has 3 heterocycles. The summed E-state index contributed by atoms with van der Waals surface area (Å²) in [7, 11) is 1.45. The molecule has 140 valence electrons. The van der Waals surface area contributed by atoms with Gasteiger partial charge < -0.3 is 20.5 Å². The molecule has 10 heteroatoms. The van der Waals surface area contributed by atoms with Crippen LogP contribution in [0.3, 0.4) is 0 Å². The summed E-state index contributed by atoms with van der Waals surface area (Å²) >= 11 is 0. The molecule has 1 fully saturated rings. The smallest absolute Gasteiger partial charge is 0.283 e. The second-order valence-corrected chi connectivity index (χ2v) is 6.52. The van der Waals surface area contributed by atoms with E-state index in [2.05, 4.69) is 25.3 Å². The summed E-state index contributed by atoms with van der Waals surface area (Å²) in [4.78, 5) is 28.8. The van der Waals surface area contributed by atoms with E-state index in [1.165, 1.54) is 31.6 Å². The zero-order valence-corrected chi connectivity index (χ0v) is 14.6. The number of hydrogen-bond donors (Lipinski definition) is 2. The summed E-state index contributed by atoms with van der Waals surface area (Å²) in [6, 6.07) is 2.62. The molecule has 0 aromatic carbocycles. The van der Waals surface area contributed by atoms with Gasteiger partial charge in [0.1, 0.15) is 34.7 Å². The number of rotatable bonds is 4. The van der Waals surface area contributed by atoms with Crippen LogP contribution in [0.4, 0.5) is 10.2 Å². The number of fused-ring (bicyclic) bond motifs is 1. The van der Waals surface area contributed by atoms with Crippen LogP contribution in [0.15, 0.2) is 29.5 Å². The number of anilines is 1. The van der Waals surface area contributed by atoms with Gasteiger partial charge >= 0.3 is 0 Å². The van der Waals surface area contributed by atoms with Gasteiger partial charge in [0.2, 0.25) is 5.88 Å². The standard InChI is InChI=1S/C17H17FN6O3/c1-17(8-5-11(8)27-16(19)24-17)14-9(18)3-4-12(22-14)23-15(25)10-6-21-13(26-2)7-20-10/h3-4,6-8,11H,5H2,1-2H3,(H2,19,24)(H,22,23,25)/t8-,11+,17+/m1/s1. The average Bonchev–Trinajstić information content (AvgIpc) is 3.43. The zero-order valence-electron chi connectivity index (χ0n) is 14.6. The maximum atomic E-state index is 14.5. The highest BCUT2D eigenvalue weighted by Crippen LogP contribution is 2.52. The number of nitrogens with one attached hydrogen (secondary N) is 1. The Balaban J connectivity index is 1.61. The Kier molecular flexibility index (Phi) is 3.90. The molecule has 1 aliphatic carbocycles. The van der Waals surface area contributed by atoms with Gasteiger partial charge in [-0.15, -0.1) is 0 Å². The van der Waals surface area contributed by atoms with Crippen LogP contribution in [-0.2, 0) is 10.3 Å². The molecule has 3 N–H and O–H groups in total. The molecule has 27 heavy (non-hydrogen) atoms. The van der Waals surface area contributed by atoms with Crippen molar-refractivity contribution in [2.45, 2.75) is 25.0 Å².